The second-order valence-electron chi connectivity index (χ2n) is 1.82. The standard InChI is InChI=1S/C7H5FO3.Bi.3H/c8-5-1-3-6(4-2-5)11-7(9)10;;;;/h1-4H,(H,9,10);;;;. The third-order valence-electron chi connectivity index (χ3n) is 1.02. The van der Waals surface area contributed by atoms with Gasteiger partial charge in [0.25, 0.3) is 0 Å². The van der Waals surface area contributed by atoms with Crippen molar-refractivity contribution in [2.45, 2.75) is 0 Å². The van der Waals surface area contributed by atoms with Gasteiger partial charge in [0.2, 0.25) is 0 Å². The van der Waals surface area contributed by atoms with Crippen LogP contribution in [0.4, 0.5) is 9.18 Å². The average Bonchev–Trinajstić information content (AvgIpc) is 1.93. The summed E-state index contributed by atoms with van der Waals surface area (Å²) in [7, 11) is 0. The van der Waals surface area contributed by atoms with Crippen molar-refractivity contribution in [3.63, 3.8) is 0 Å². The molecule has 66 valence electrons. The first kappa shape index (κ1) is 11.3. The Morgan fingerprint density at radius 3 is 2.25 bits per heavy atom. The fraction of sp³-hybridized carbons (Fsp3) is 0. The van der Waals surface area contributed by atoms with Crippen molar-refractivity contribution in [1.29, 1.82) is 0 Å². The Labute approximate surface area is 87.3 Å². The molecule has 0 bridgehead atoms. The molecule has 0 aromatic heterocycles. The Morgan fingerprint density at radius 2 is 1.83 bits per heavy atom. The van der Waals surface area contributed by atoms with Crippen LogP contribution in [0.3, 0.4) is 0 Å². The number of carbonyl (C=O) groups is 1. The van der Waals surface area contributed by atoms with Crippen LogP contribution < -0.4 is 4.74 Å². The third kappa shape index (κ3) is 3.62. The van der Waals surface area contributed by atoms with Crippen molar-refractivity contribution in [2.75, 3.05) is 0 Å². The van der Waals surface area contributed by atoms with E-state index >= 15 is 0 Å². The predicted molar refractivity (Wildman–Crippen MR) is 45.0 cm³/mol. The van der Waals surface area contributed by atoms with Crippen molar-refractivity contribution >= 4 is 32.4 Å². The fourth-order valence-corrected chi connectivity index (χ4v) is 0.603. The summed E-state index contributed by atoms with van der Waals surface area (Å²) in [4.78, 5) is 9.94. The zero-order chi connectivity index (χ0) is 8.27. The molecule has 0 spiro atoms. The summed E-state index contributed by atoms with van der Waals surface area (Å²) in [6, 6.07) is 4.73. The van der Waals surface area contributed by atoms with Crippen LogP contribution in [0.1, 0.15) is 0 Å². The number of hydrogen-bond acceptors (Lipinski definition) is 2. The summed E-state index contributed by atoms with van der Waals surface area (Å²) in [5.41, 5.74) is 0. The maximum absolute atomic E-state index is 12.2. The van der Waals surface area contributed by atoms with Crippen LogP contribution >= 0.6 is 0 Å². The number of hydrogen-bond donors (Lipinski definition) is 1. The molecule has 0 aliphatic heterocycles. The predicted octanol–water partition coefficient (Wildman–Crippen LogP) is 0.699. The van der Waals surface area contributed by atoms with Gasteiger partial charge >= 0.3 is 32.4 Å². The quantitative estimate of drug-likeness (QED) is 0.451. The summed E-state index contributed by atoms with van der Waals surface area (Å²) in [5.74, 6) is -0.318. The van der Waals surface area contributed by atoms with Gasteiger partial charge in [-0.15, -0.1) is 0 Å². The Balaban J connectivity index is 0.00000121. The van der Waals surface area contributed by atoms with Crippen LogP contribution in [-0.4, -0.2) is 37.5 Å². The summed E-state index contributed by atoms with van der Waals surface area (Å²) in [6.07, 6.45) is -1.41. The van der Waals surface area contributed by atoms with E-state index < -0.39 is 12.0 Å². The molecule has 12 heavy (non-hydrogen) atoms. The van der Waals surface area contributed by atoms with Gasteiger partial charge in [0.1, 0.15) is 11.6 Å². The normalized spacial score (nSPS) is 8.42. The zero-order valence-corrected chi connectivity index (χ0v) is 11.7. The fourth-order valence-electron chi connectivity index (χ4n) is 0.603. The second-order valence-corrected chi connectivity index (χ2v) is 1.82. The molecule has 3 nitrogen and oxygen atoms in total. The monoisotopic (exact) mass is 368 g/mol. The molecule has 0 radical (unpaired) electrons. The molecule has 0 aliphatic carbocycles. The van der Waals surface area contributed by atoms with E-state index in [2.05, 4.69) is 4.74 Å². The van der Waals surface area contributed by atoms with Gasteiger partial charge in [0, 0.05) is 0 Å². The molecule has 0 fully saturated rings. The summed E-state index contributed by atoms with van der Waals surface area (Å²) in [5, 5.41) is 8.12. The van der Waals surface area contributed by atoms with E-state index in [0.717, 1.165) is 12.1 Å². The van der Waals surface area contributed by atoms with E-state index in [-0.39, 0.29) is 32.0 Å². The van der Waals surface area contributed by atoms with Gasteiger partial charge in [-0.05, 0) is 24.3 Å². The number of ether oxygens (including phenoxy) is 1. The molecule has 0 atom stereocenters. The zero-order valence-electron chi connectivity index (χ0n) is 6.16. The SMILES string of the molecule is O=C(O)Oc1ccc(F)cc1.[BiH3]. The maximum atomic E-state index is 12.2. The van der Waals surface area contributed by atoms with E-state index in [1.54, 1.807) is 0 Å². The van der Waals surface area contributed by atoms with E-state index in [4.69, 9.17) is 5.11 Å². The molecule has 1 aromatic rings. The van der Waals surface area contributed by atoms with Gasteiger partial charge in [-0.1, -0.05) is 0 Å². The topological polar surface area (TPSA) is 46.5 Å². The van der Waals surface area contributed by atoms with Gasteiger partial charge in [0.15, 0.2) is 0 Å². The van der Waals surface area contributed by atoms with E-state index in [1.165, 1.54) is 12.1 Å². The Bertz CT molecular complexity index is 260. The first-order chi connectivity index (χ1) is 5.18. The van der Waals surface area contributed by atoms with Crippen LogP contribution in [0, 0.1) is 5.82 Å². The number of carboxylic acid groups (broad SMARTS) is 1. The van der Waals surface area contributed by atoms with E-state index in [1.807, 2.05) is 0 Å². The van der Waals surface area contributed by atoms with Gasteiger partial charge in [-0.3, -0.25) is 0 Å². The first-order valence-corrected chi connectivity index (χ1v) is 2.85. The molecule has 0 saturated heterocycles. The Hall–Kier alpha value is -0.697. The molecule has 0 saturated carbocycles. The molecular formula is C7H8BiFO3. The number of halogens is 1. The van der Waals surface area contributed by atoms with Crippen LogP contribution in [0.15, 0.2) is 24.3 Å². The van der Waals surface area contributed by atoms with Crippen molar-refractivity contribution < 1.29 is 19.0 Å². The minimum absolute atomic E-state index is 0. The molecule has 0 amide bonds. The van der Waals surface area contributed by atoms with Crippen LogP contribution in [-0.2, 0) is 0 Å². The Morgan fingerprint density at radius 1 is 1.33 bits per heavy atom. The molecule has 0 heterocycles. The van der Waals surface area contributed by atoms with Gasteiger partial charge in [-0.2, -0.15) is 0 Å². The summed E-state index contributed by atoms with van der Waals surface area (Å²) >= 11 is 0. The Kier molecular flexibility index (Phi) is 4.75. The van der Waals surface area contributed by atoms with Crippen molar-refractivity contribution in [3.05, 3.63) is 30.1 Å². The van der Waals surface area contributed by atoms with Gasteiger partial charge in [-0.25, -0.2) is 9.18 Å². The number of rotatable bonds is 1. The minimum atomic E-state index is -1.41. The first-order valence-electron chi connectivity index (χ1n) is 2.85. The van der Waals surface area contributed by atoms with Crippen molar-refractivity contribution in [2.24, 2.45) is 0 Å². The van der Waals surface area contributed by atoms with Crippen molar-refractivity contribution in [3.8, 4) is 5.75 Å². The van der Waals surface area contributed by atoms with Gasteiger partial charge in [0.05, 0.1) is 0 Å². The second kappa shape index (κ2) is 5.04. The molecular weight excluding hydrogens is 360 g/mol. The average molecular weight is 368 g/mol. The van der Waals surface area contributed by atoms with E-state index in [0.29, 0.717) is 0 Å². The number of benzene rings is 1. The van der Waals surface area contributed by atoms with Crippen LogP contribution in [0.5, 0.6) is 5.75 Å². The third-order valence-corrected chi connectivity index (χ3v) is 1.02. The molecule has 1 aromatic carbocycles. The van der Waals surface area contributed by atoms with Crippen molar-refractivity contribution in [1.82, 2.24) is 0 Å². The molecule has 0 aliphatic rings. The van der Waals surface area contributed by atoms with Crippen LogP contribution in [0.25, 0.3) is 0 Å². The van der Waals surface area contributed by atoms with E-state index in [9.17, 15) is 9.18 Å². The van der Waals surface area contributed by atoms with Crippen LogP contribution in [0.2, 0.25) is 0 Å². The molecule has 0 unspecified atom stereocenters. The molecule has 5 heteroatoms. The summed E-state index contributed by atoms with van der Waals surface area (Å²) < 4.78 is 16.4. The summed E-state index contributed by atoms with van der Waals surface area (Å²) in [6.45, 7) is 0. The van der Waals surface area contributed by atoms with Gasteiger partial charge < -0.3 is 9.84 Å². The molecule has 1 N–H and O–H groups in total. The molecule has 1 rings (SSSR count).